The van der Waals surface area contributed by atoms with Gasteiger partial charge in [0.1, 0.15) is 0 Å². The van der Waals surface area contributed by atoms with Crippen molar-refractivity contribution in [3.05, 3.63) is 35.9 Å². The van der Waals surface area contributed by atoms with Gasteiger partial charge in [-0.2, -0.15) is 0 Å². The number of hydrogen-bond acceptors (Lipinski definition) is 2. The van der Waals surface area contributed by atoms with Gasteiger partial charge in [0, 0.05) is 5.92 Å². The molecule has 1 N–H and O–H groups in total. The topological polar surface area (TPSA) is 29.1 Å². The lowest BCUT2D eigenvalue weighted by molar-refractivity contribution is -0.121. The fourth-order valence-corrected chi connectivity index (χ4v) is 2.04. The van der Waals surface area contributed by atoms with Gasteiger partial charge in [-0.05, 0) is 31.9 Å². The monoisotopic (exact) mass is 203 g/mol. The van der Waals surface area contributed by atoms with Crippen LogP contribution in [0.4, 0.5) is 0 Å². The Balaban J connectivity index is 2.00. The molecule has 1 fully saturated rings. The minimum absolute atomic E-state index is 0.0105. The lowest BCUT2D eigenvalue weighted by Gasteiger charge is -2.08. The second-order valence-electron chi connectivity index (χ2n) is 4.27. The van der Waals surface area contributed by atoms with E-state index in [0.717, 1.165) is 6.42 Å². The van der Waals surface area contributed by atoms with E-state index in [1.807, 2.05) is 32.2 Å². The normalized spacial score (nSPS) is 26.0. The molecule has 0 saturated heterocycles. The third-order valence-corrected chi connectivity index (χ3v) is 3.24. The lowest BCUT2D eigenvalue weighted by atomic mass is 10.0. The summed E-state index contributed by atoms with van der Waals surface area (Å²) in [5.41, 5.74) is 1.30. The highest BCUT2D eigenvalue weighted by Gasteiger charge is 2.44. The Morgan fingerprint density at radius 3 is 2.67 bits per heavy atom. The first kappa shape index (κ1) is 10.4. The van der Waals surface area contributed by atoms with E-state index in [1.54, 1.807) is 0 Å². The standard InChI is InChI=1S/C13H17NO/c1-9(14-2)13(15)12-8-11(12)10-6-4-3-5-7-10/h3-7,9,11-12,14H,8H2,1-2H3. The molecular formula is C13H17NO. The molecule has 1 saturated carbocycles. The number of hydrogen-bond donors (Lipinski definition) is 1. The molecule has 0 heterocycles. The first-order chi connectivity index (χ1) is 7.24. The number of ketones is 1. The van der Waals surface area contributed by atoms with Crippen LogP contribution < -0.4 is 5.32 Å². The molecule has 2 rings (SSSR count). The molecule has 0 radical (unpaired) electrons. The fraction of sp³-hybridized carbons (Fsp3) is 0.462. The molecule has 2 nitrogen and oxygen atoms in total. The average Bonchev–Trinajstić information content (AvgIpc) is 3.08. The third-order valence-electron chi connectivity index (χ3n) is 3.24. The molecule has 1 aliphatic rings. The van der Waals surface area contributed by atoms with Gasteiger partial charge < -0.3 is 5.32 Å². The molecule has 80 valence electrons. The van der Waals surface area contributed by atoms with E-state index in [9.17, 15) is 4.79 Å². The van der Waals surface area contributed by atoms with Gasteiger partial charge in [-0.1, -0.05) is 30.3 Å². The highest BCUT2D eigenvalue weighted by molar-refractivity contribution is 5.89. The second kappa shape index (κ2) is 4.15. The molecule has 0 aliphatic heterocycles. The van der Waals surface area contributed by atoms with Crippen LogP contribution in [0.15, 0.2) is 30.3 Å². The predicted molar refractivity (Wildman–Crippen MR) is 60.8 cm³/mol. The predicted octanol–water partition coefficient (Wildman–Crippen LogP) is 1.97. The zero-order valence-electron chi connectivity index (χ0n) is 9.23. The van der Waals surface area contributed by atoms with Gasteiger partial charge in [0.25, 0.3) is 0 Å². The minimum Gasteiger partial charge on any atom is -0.311 e. The Hall–Kier alpha value is -1.15. The zero-order chi connectivity index (χ0) is 10.8. The summed E-state index contributed by atoms with van der Waals surface area (Å²) in [5, 5.41) is 3.01. The molecule has 2 heteroatoms. The summed E-state index contributed by atoms with van der Waals surface area (Å²) in [5.74, 6) is 1.07. The maximum Gasteiger partial charge on any atom is 0.153 e. The van der Waals surface area contributed by atoms with Gasteiger partial charge in [-0.3, -0.25) is 4.79 Å². The molecule has 15 heavy (non-hydrogen) atoms. The molecule has 0 bridgehead atoms. The van der Waals surface area contributed by atoms with E-state index < -0.39 is 0 Å². The van der Waals surface area contributed by atoms with Crippen LogP contribution in [0.2, 0.25) is 0 Å². The summed E-state index contributed by atoms with van der Waals surface area (Å²) in [4.78, 5) is 11.9. The maximum absolute atomic E-state index is 11.9. The SMILES string of the molecule is CNC(C)C(=O)C1CC1c1ccccc1. The van der Waals surface area contributed by atoms with Gasteiger partial charge >= 0.3 is 0 Å². The molecule has 0 aromatic heterocycles. The van der Waals surface area contributed by atoms with Crippen LogP contribution >= 0.6 is 0 Å². The number of benzene rings is 1. The number of nitrogens with one attached hydrogen (secondary N) is 1. The van der Waals surface area contributed by atoms with Crippen LogP contribution in [-0.4, -0.2) is 18.9 Å². The molecule has 0 spiro atoms. The van der Waals surface area contributed by atoms with E-state index in [-0.39, 0.29) is 12.0 Å². The number of likely N-dealkylation sites (N-methyl/N-ethyl adjacent to an activating group) is 1. The Labute approximate surface area is 90.7 Å². The summed E-state index contributed by atoms with van der Waals surface area (Å²) in [7, 11) is 1.84. The maximum atomic E-state index is 11.9. The summed E-state index contributed by atoms with van der Waals surface area (Å²) in [6, 6.07) is 10.3. The van der Waals surface area contributed by atoms with Gasteiger partial charge in [0.15, 0.2) is 5.78 Å². The average molecular weight is 203 g/mol. The first-order valence-corrected chi connectivity index (χ1v) is 5.50. The lowest BCUT2D eigenvalue weighted by Crippen LogP contribution is -2.32. The number of carbonyl (C=O) groups is 1. The minimum atomic E-state index is -0.0105. The van der Waals surface area contributed by atoms with E-state index in [1.165, 1.54) is 5.56 Å². The third kappa shape index (κ3) is 2.10. The molecule has 3 atom stereocenters. The summed E-state index contributed by atoms with van der Waals surface area (Å²) in [6.45, 7) is 1.93. The molecule has 1 aromatic carbocycles. The highest BCUT2D eigenvalue weighted by atomic mass is 16.1. The highest BCUT2D eigenvalue weighted by Crippen LogP contribution is 2.48. The van der Waals surface area contributed by atoms with Crippen LogP contribution in [0, 0.1) is 5.92 Å². The largest absolute Gasteiger partial charge is 0.311 e. The molecule has 0 amide bonds. The van der Waals surface area contributed by atoms with Crippen molar-refractivity contribution >= 4 is 5.78 Å². The summed E-state index contributed by atoms with van der Waals surface area (Å²) in [6.07, 6.45) is 1.02. The van der Waals surface area contributed by atoms with E-state index >= 15 is 0 Å². The van der Waals surface area contributed by atoms with Gasteiger partial charge in [-0.15, -0.1) is 0 Å². The van der Waals surface area contributed by atoms with Crippen LogP contribution in [-0.2, 0) is 4.79 Å². The van der Waals surface area contributed by atoms with Crippen molar-refractivity contribution in [3.8, 4) is 0 Å². The molecular weight excluding hydrogens is 186 g/mol. The van der Waals surface area contributed by atoms with Gasteiger partial charge in [0.05, 0.1) is 6.04 Å². The number of Topliss-reactive ketones (excluding diaryl/α,β-unsaturated/α-hetero) is 1. The second-order valence-corrected chi connectivity index (χ2v) is 4.27. The van der Waals surface area contributed by atoms with Gasteiger partial charge in [0.2, 0.25) is 0 Å². The quantitative estimate of drug-likeness (QED) is 0.810. The Morgan fingerprint density at radius 2 is 2.07 bits per heavy atom. The Kier molecular flexibility index (Phi) is 2.87. The van der Waals surface area contributed by atoms with Crippen molar-refractivity contribution in [3.63, 3.8) is 0 Å². The Morgan fingerprint density at radius 1 is 1.40 bits per heavy atom. The summed E-state index contributed by atoms with van der Waals surface area (Å²) >= 11 is 0. The molecule has 1 aliphatic carbocycles. The van der Waals surface area contributed by atoms with Crippen LogP contribution in [0.25, 0.3) is 0 Å². The van der Waals surface area contributed by atoms with Crippen LogP contribution in [0.1, 0.15) is 24.8 Å². The van der Waals surface area contributed by atoms with E-state index in [4.69, 9.17) is 0 Å². The van der Waals surface area contributed by atoms with Crippen molar-refractivity contribution in [1.82, 2.24) is 5.32 Å². The van der Waals surface area contributed by atoms with Crippen molar-refractivity contribution in [1.29, 1.82) is 0 Å². The van der Waals surface area contributed by atoms with Gasteiger partial charge in [-0.25, -0.2) is 0 Å². The fourth-order valence-electron chi connectivity index (χ4n) is 2.04. The molecule has 1 aromatic rings. The number of carbonyl (C=O) groups excluding carboxylic acids is 1. The molecule has 3 unspecified atom stereocenters. The first-order valence-electron chi connectivity index (χ1n) is 5.50. The summed E-state index contributed by atoms with van der Waals surface area (Å²) < 4.78 is 0. The van der Waals surface area contributed by atoms with Crippen molar-refractivity contribution in [2.45, 2.75) is 25.3 Å². The van der Waals surface area contributed by atoms with Crippen LogP contribution in [0.5, 0.6) is 0 Å². The Bertz CT molecular complexity index is 347. The van der Waals surface area contributed by atoms with Crippen molar-refractivity contribution in [2.24, 2.45) is 5.92 Å². The smallest absolute Gasteiger partial charge is 0.153 e. The number of rotatable bonds is 4. The van der Waals surface area contributed by atoms with E-state index in [2.05, 4.69) is 17.4 Å². The van der Waals surface area contributed by atoms with Crippen molar-refractivity contribution in [2.75, 3.05) is 7.05 Å². The zero-order valence-corrected chi connectivity index (χ0v) is 9.23. The van der Waals surface area contributed by atoms with Crippen molar-refractivity contribution < 1.29 is 4.79 Å². The van der Waals surface area contributed by atoms with E-state index in [0.29, 0.717) is 11.7 Å². The van der Waals surface area contributed by atoms with Crippen LogP contribution in [0.3, 0.4) is 0 Å².